The first-order chi connectivity index (χ1) is 9.72. The van der Waals surface area contributed by atoms with Gasteiger partial charge in [0, 0.05) is 0 Å². The molecule has 0 saturated carbocycles. The maximum absolute atomic E-state index is 4.33. The molecule has 1 aromatic carbocycles. The molecule has 0 radical (unpaired) electrons. The highest BCUT2D eigenvalue weighted by Gasteiger charge is 2.16. The summed E-state index contributed by atoms with van der Waals surface area (Å²) in [7, 11) is 0. The molecule has 1 unspecified atom stereocenters. The van der Waals surface area contributed by atoms with Gasteiger partial charge in [-0.15, -0.1) is 5.10 Å². The van der Waals surface area contributed by atoms with Crippen LogP contribution in [0.5, 0.6) is 0 Å². The zero-order chi connectivity index (χ0) is 14.4. The number of benzene rings is 1. The molecule has 2 rings (SSSR count). The monoisotopic (exact) mass is 271 g/mol. The molecule has 0 saturated heterocycles. The molecule has 108 valence electrons. The van der Waals surface area contributed by atoms with E-state index in [0.717, 1.165) is 12.2 Å². The Morgan fingerprint density at radius 1 is 1.15 bits per heavy atom. The molecular weight excluding hydrogens is 246 g/mol. The Labute approximate surface area is 122 Å². The lowest BCUT2D eigenvalue weighted by molar-refractivity contribution is 0.536. The molecule has 0 aliphatic rings. The summed E-state index contributed by atoms with van der Waals surface area (Å²) in [4.78, 5) is 0. The van der Waals surface area contributed by atoms with Crippen LogP contribution in [0.4, 0.5) is 0 Å². The van der Waals surface area contributed by atoms with Gasteiger partial charge in [-0.25, -0.2) is 4.68 Å². The smallest absolute Gasteiger partial charge is 0.0831 e. The van der Waals surface area contributed by atoms with Gasteiger partial charge in [0.25, 0.3) is 0 Å². The second kappa shape index (κ2) is 7.22. The quantitative estimate of drug-likeness (QED) is 0.702. The van der Waals surface area contributed by atoms with Crippen molar-refractivity contribution in [3.63, 3.8) is 0 Å². The summed E-state index contributed by atoms with van der Waals surface area (Å²) in [5.41, 5.74) is 3.65. The zero-order valence-corrected chi connectivity index (χ0v) is 12.8. The summed E-state index contributed by atoms with van der Waals surface area (Å²) in [6.07, 6.45) is 5.08. The molecule has 20 heavy (non-hydrogen) atoms. The van der Waals surface area contributed by atoms with E-state index in [1.165, 1.54) is 36.9 Å². The van der Waals surface area contributed by atoms with E-state index in [4.69, 9.17) is 0 Å². The number of hydrogen-bond donors (Lipinski definition) is 0. The molecule has 1 atom stereocenters. The van der Waals surface area contributed by atoms with Crippen LogP contribution in [-0.2, 0) is 6.54 Å². The van der Waals surface area contributed by atoms with Gasteiger partial charge in [-0.05, 0) is 24.8 Å². The van der Waals surface area contributed by atoms with Gasteiger partial charge >= 0.3 is 0 Å². The average molecular weight is 271 g/mol. The molecule has 0 aliphatic carbocycles. The highest BCUT2D eigenvalue weighted by molar-refractivity contribution is 5.18. The number of nitrogens with zero attached hydrogens (tertiary/aromatic N) is 3. The van der Waals surface area contributed by atoms with Crippen molar-refractivity contribution >= 4 is 0 Å². The van der Waals surface area contributed by atoms with Crippen LogP contribution in [0, 0.1) is 6.92 Å². The molecular formula is C17H25N3. The minimum atomic E-state index is 0.528. The molecule has 1 heterocycles. The lowest BCUT2D eigenvalue weighted by Gasteiger charge is -2.14. The largest absolute Gasteiger partial charge is 0.244 e. The highest BCUT2D eigenvalue weighted by atomic mass is 15.4. The van der Waals surface area contributed by atoms with Crippen molar-refractivity contribution in [2.75, 3.05) is 0 Å². The number of aromatic nitrogens is 3. The lowest BCUT2D eigenvalue weighted by atomic mass is 9.98. The summed E-state index contributed by atoms with van der Waals surface area (Å²) < 4.78 is 2.07. The Kier molecular flexibility index (Phi) is 5.33. The molecule has 2 aromatic rings. The van der Waals surface area contributed by atoms with Crippen molar-refractivity contribution in [3.8, 4) is 0 Å². The first kappa shape index (κ1) is 14.8. The molecule has 0 spiro atoms. The van der Waals surface area contributed by atoms with E-state index in [1.807, 2.05) is 6.07 Å². The fraction of sp³-hybridized carbons (Fsp3) is 0.529. The number of hydrogen-bond acceptors (Lipinski definition) is 2. The van der Waals surface area contributed by atoms with Crippen LogP contribution in [0.25, 0.3) is 0 Å². The van der Waals surface area contributed by atoms with E-state index in [0.29, 0.717) is 5.92 Å². The topological polar surface area (TPSA) is 30.7 Å². The van der Waals surface area contributed by atoms with Crippen molar-refractivity contribution in [1.29, 1.82) is 0 Å². The van der Waals surface area contributed by atoms with Crippen LogP contribution in [0.1, 0.15) is 62.4 Å². The standard InChI is InChI=1S/C17H25N3/c1-4-5-7-10-14(2)17-15(3)18-19-20(17)13-16-11-8-6-9-12-16/h6,8-9,11-12,14H,4-5,7,10,13H2,1-3H3. The Morgan fingerprint density at radius 3 is 2.60 bits per heavy atom. The van der Waals surface area contributed by atoms with Gasteiger partial charge in [-0.2, -0.15) is 0 Å². The van der Waals surface area contributed by atoms with Gasteiger partial charge in [-0.3, -0.25) is 0 Å². The minimum absolute atomic E-state index is 0.528. The molecule has 1 aromatic heterocycles. The van der Waals surface area contributed by atoms with Gasteiger partial charge in [0.1, 0.15) is 0 Å². The summed E-state index contributed by atoms with van der Waals surface area (Å²) in [6, 6.07) is 10.5. The summed E-state index contributed by atoms with van der Waals surface area (Å²) in [5.74, 6) is 0.528. The van der Waals surface area contributed by atoms with Crippen LogP contribution >= 0.6 is 0 Å². The molecule has 0 fully saturated rings. The predicted molar refractivity (Wildman–Crippen MR) is 82.9 cm³/mol. The van der Waals surface area contributed by atoms with Gasteiger partial charge in [0.05, 0.1) is 17.9 Å². The Balaban J connectivity index is 2.10. The second-order valence-corrected chi connectivity index (χ2v) is 5.60. The minimum Gasteiger partial charge on any atom is -0.244 e. The Bertz CT molecular complexity index is 516. The second-order valence-electron chi connectivity index (χ2n) is 5.60. The van der Waals surface area contributed by atoms with E-state index in [-0.39, 0.29) is 0 Å². The van der Waals surface area contributed by atoms with E-state index in [1.54, 1.807) is 0 Å². The highest BCUT2D eigenvalue weighted by Crippen LogP contribution is 2.24. The number of aryl methyl sites for hydroxylation is 1. The van der Waals surface area contributed by atoms with Gasteiger partial charge in [-0.1, -0.05) is 68.7 Å². The molecule has 0 amide bonds. The first-order valence-corrected chi connectivity index (χ1v) is 7.66. The van der Waals surface area contributed by atoms with Crippen LogP contribution in [0.15, 0.2) is 30.3 Å². The van der Waals surface area contributed by atoms with Crippen LogP contribution < -0.4 is 0 Å². The predicted octanol–water partition coefficient (Wildman–Crippen LogP) is 4.32. The van der Waals surface area contributed by atoms with Crippen molar-refractivity contribution in [2.24, 2.45) is 0 Å². The van der Waals surface area contributed by atoms with E-state index in [2.05, 4.69) is 60.0 Å². The number of unbranched alkanes of at least 4 members (excludes halogenated alkanes) is 2. The van der Waals surface area contributed by atoms with E-state index < -0.39 is 0 Å². The van der Waals surface area contributed by atoms with Crippen molar-refractivity contribution in [2.45, 2.75) is 58.9 Å². The Morgan fingerprint density at radius 2 is 1.90 bits per heavy atom. The van der Waals surface area contributed by atoms with Crippen LogP contribution in [-0.4, -0.2) is 15.0 Å². The normalized spacial score (nSPS) is 12.6. The summed E-state index contributed by atoms with van der Waals surface area (Å²) in [6.45, 7) is 7.43. The maximum Gasteiger partial charge on any atom is 0.0831 e. The third-order valence-corrected chi connectivity index (χ3v) is 3.83. The fourth-order valence-electron chi connectivity index (χ4n) is 2.73. The molecule has 3 heteroatoms. The van der Waals surface area contributed by atoms with E-state index in [9.17, 15) is 0 Å². The molecule has 3 nitrogen and oxygen atoms in total. The molecule has 0 aliphatic heterocycles. The Hall–Kier alpha value is -1.64. The van der Waals surface area contributed by atoms with Crippen LogP contribution in [0.2, 0.25) is 0 Å². The molecule has 0 bridgehead atoms. The SMILES string of the molecule is CCCCCC(C)c1c(C)nnn1Cc1ccccc1. The fourth-order valence-corrected chi connectivity index (χ4v) is 2.73. The van der Waals surface area contributed by atoms with Crippen molar-refractivity contribution in [3.05, 3.63) is 47.3 Å². The summed E-state index contributed by atoms with van der Waals surface area (Å²) in [5, 5.41) is 8.60. The van der Waals surface area contributed by atoms with Gasteiger partial charge < -0.3 is 0 Å². The van der Waals surface area contributed by atoms with E-state index >= 15 is 0 Å². The zero-order valence-electron chi connectivity index (χ0n) is 12.8. The first-order valence-electron chi connectivity index (χ1n) is 7.66. The maximum atomic E-state index is 4.33. The van der Waals surface area contributed by atoms with Gasteiger partial charge in [0.15, 0.2) is 0 Å². The lowest BCUT2D eigenvalue weighted by Crippen LogP contribution is -2.10. The third-order valence-electron chi connectivity index (χ3n) is 3.83. The van der Waals surface area contributed by atoms with Crippen LogP contribution in [0.3, 0.4) is 0 Å². The third kappa shape index (κ3) is 3.69. The van der Waals surface area contributed by atoms with Crippen molar-refractivity contribution in [1.82, 2.24) is 15.0 Å². The average Bonchev–Trinajstić information content (AvgIpc) is 2.81. The number of rotatable bonds is 7. The summed E-state index contributed by atoms with van der Waals surface area (Å²) >= 11 is 0. The van der Waals surface area contributed by atoms with Crippen molar-refractivity contribution < 1.29 is 0 Å². The van der Waals surface area contributed by atoms with Gasteiger partial charge in [0.2, 0.25) is 0 Å². The molecule has 0 N–H and O–H groups in total.